The highest BCUT2D eigenvalue weighted by molar-refractivity contribution is 5.99. The summed E-state index contributed by atoms with van der Waals surface area (Å²) in [7, 11) is 0. The number of amides is 2. The first kappa shape index (κ1) is 14.4. The van der Waals surface area contributed by atoms with Crippen molar-refractivity contribution in [2.75, 3.05) is 6.54 Å². The largest absolute Gasteiger partial charge is 0.340 e. The molecule has 2 amide bonds. The van der Waals surface area contributed by atoms with E-state index in [1.807, 2.05) is 25.7 Å². The topological polar surface area (TPSA) is 49.4 Å². The molecule has 2 rings (SSSR count). The van der Waals surface area contributed by atoms with E-state index in [0.29, 0.717) is 12.3 Å². The lowest BCUT2D eigenvalue weighted by atomic mass is 9.91. The molecule has 4 nitrogen and oxygen atoms in total. The van der Waals surface area contributed by atoms with Gasteiger partial charge < -0.3 is 10.2 Å². The van der Waals surface area contributed by atoms with Crippen molar-refractivity contribution in [1.29, 1.82) is 0 Å². The van der Waals surface area contributed by atoms with Crippen molar-refractivity contribution < 1.29 is 9.59 Å². The van der Waals surface area contributed by atoms with Crippen LogP contribution in [0.25, 0.3) is 0 Å². The zero-order valence-corrected chi connectivity index (χ0v) is 12.5. The molecule has 0 spiro atoms. The second kappa shape index (κ2) is 5.14. The fraction of sp³-hybridized carbons (Fsp3) is 0.867. The number of carbonyl (C=O) groups excluding carboxylic acids is 2. The van der Waals surface area contributed by atoms with Gasteiger partial charge in [0, 0.05) is 6.54 Å². The van der Waals surface area contributed by atoms with Crippen LogP contribution >= 0.6 is 0 Å². The molecule has 0 radical (unpaired) electrons. The number of rotatable bonds is 3. The summed E-state index contributed by atoms with van der Waals surface area (Å²) in [5.41, 5.74) is -0.714. The van der Waals surface area contributed by atoms with E-state index in [9.17, 15) is 9.59 Å². The number of carbonyl (C=O) groups is 2. The number of nitrogens with zero attached hydrogens (tertiary/aromatic N) is 1. The van der Waals surface area contributed by atoms with E-state index < -0.39 is 5.54 Å². The van der Waals surface area contributed by atoms with Gasteiger partial charge in [0.1, 0.15) is 11.6 Å². The van der Waals surface area contributed by atoms with E-state index in [-0.39, 0.29) is 17.9 Å². The number of hydrogen-bond acceptors (Lipinski definition) is 2. The highest BCUT2D eigenvalue weighted by atomic mass is 16.2. The second-order valence-electron chi connectivity index (χ2n) is 6.59. The second-order valence-corrected chi connectivity index (χ2v) is 6.59. The molecule has 0 aromatic carbocycles. The molecule has 0 aromatic rings. The Hall–Kier alpha value is -1.06. The Kier molecular flexibility index (Phi) is 3.88. The molecular formula is C15H26N2O2. The van der Waals surface area contributed by atoms with Crippen LogP contribution in [0.3, 0.4) is 0 Å². The zero-order valence-electron chi connectivity index (χ0n) is 12.5. The Bertz CT molecular complexity index is 382. The number of nitrogens with one attached hydrogen (secondary N) is 1. The van der Waals surface area contributed by atoms with E-state index in [4.69, 9.17) is 0 Å². The molecule has 1 aliphatic carbocycles. The summed E-state index contributed by atoms with van der Waals surface area (Å²) in [5.74, 6) is 1.39. The standard InChI is InChI=1S/C15H26N2O2/c1-5-15(4)14(19)17(11(3)13(18)16-15)9-12-7-6-10(2)8-12/h10-12H,5-9H2,1-4H3,(H,16,18). The molecule has 108 valence electrons. The predicted octanol–water partition coefficient (Wildman–Crippen LogP) is 1.94. The SMILES string of the molecule is CCC1(C)NC(=O)C(C)N(CC2CCC(C)C2)C1=O. The van der Waals surface area contributed by atoms with Crippen LogP contribution in [0, 0.1) is 11.8 Å². The molecule has 0 aromatic heterocycles. The van der Waals surface area contributed by atoms with Gasteiger partial charge in [0.25, 0.3) is 0 Å². The van der Waals surface area contributed by atoms with Crippen LogP contribution in [0.2, 0.25) is 0 Å². The van der Waals surface area contributed by atoms with Crippen molar-refractivity contribution >= 4 is 11.8 Å². The molecule has 1 heterocycles. The Morgan fingerprint density at radius 1 is 1.32 bits per heavy atom. The predicted molar refractivity (Wildman–Crippen MR) is 74.5 cm³/mol. The summed E-state index contributed by atoms with van der Waals surface area (Å²) in [6.07, 6.45) is 4.25. The molecule has 2 aliphatic rings. The molecule has 4 atom stereocenters. The third-order valence-electron chi connectivity index (χ3n) is 4.94. The summed E-state index contributed by atoms with van der Waals surface area (Å²) in [4.78, 5) is 26.5. The summed E-state index contributed by atoms with van der Waals surface area (Å²) < 4.78 is 0. The smallest absolute Gasteiger partial charge is 0.248 e. The maximum Gasteiger partial charge on any atom is 0.248 e. The van der Waals surface area contributed by atoms with Crippen LogP contribution in [0.15, 0.2) is 0 Å². The Labute approximate surface area is 115 Å². The molecule has 1 saturated heterocycles. The Morgan fingerprint density at radius 2 is 2.00 bits per heavy atom. The molecule has 4 unspecified atom stereocenters. The molecule has 0 bridgehead atoms. The van der Waals surface area contributed by atoms with Gasteiger partial charge in [-0.25, -0.2) is 0 Å². The van der Waals surface area contributed by atoms with Gasteiger partial charge in [0.05, 0.1) is 0 Å². The maximum atomic E-state index is 12.6. The lowest BCUT2D eigenvalue weighted by molar-refractivity contribution is -0.154. The van der Waals surface area contributed by atoms with Crippen molar-refractivity contribution in [3.8, 4) is 0 Å². The highest BCUT2D eigenvalue weighted by Crippen LogP contribution is 2.32. The number of piperazine rings is 1. The van der Waals surface area contributed by atoms with Crippen molar-refractivity contribution in [2.24, 2.45) is 11.8 Å². The minimum absolute atomic E-state index is 0.0185. The molecular weight excluding hydrogens is 240 g/mol. The fourth-order valence-corrected chi connectivity index (χ4v) is 3.31. The first-order valence-corrected chi connectivity index (χ1v) is 7.50. The van der Waals surface area contributed by atoms with Gasteiger partial charge in [-0.2, -0.15) is 0 Å². The van der Waals surface area contributed by atoms with Gasteiger partial charge in [-0.15, -0.1) is 0 Å². The minimum atomic E-state index is -0.714. The van der Waals surface area contributed by atoms with Crippen molar-refractivity contribution in [2.45, 2.75) is 65.0 Å². The lowest BCUT2D eigenvalue weighted by Gasteiger charge is -2.44. The van der Waals surface area contributed by atoms with Crippen molar-refractivity contribution in [3.05, 3.63) is 0 Å². The van der Waals surface area contributed by atoms with Crippen LogP contribution in [0.4, 0.5) is 0 Å². The van der Waals surface area contributed by atoms with Crippen LogP contribution < -0.4 is 5.32 Å². The van der Waals surface area contributed by atoms with Crippen LogP contribution in [-0.4, -0.2) is 34.8 Å². The third-order valence-corrected chi connectivity index (χ3v) is 4.94. The summed E-state index contributed by atoms with van der Waals surface area (Å²) in [5, 5.41) is 2.88. The maximum absolute atomic E-state index is 12.6. The monoisotopic (exact) mass is 266 g/mol. The molecule has 19 heavy (non-hydrogen) atoms. The van der Waals surface area contributed by atoms with E-state index in [2.05, 4.69) is 12.2 Å². The van der Waals surface area contributed by atoms with Crippen LogP contribution in [0.1, 0.15) is 53.4 Å². The fourth-order valence-electron chi connectivity index (χ4n) is 3.31. The normalized spacial score (nSPS) is 39.6. The van der Waals surface area contributed by atoms with E-state index in [0.717, 1.165) is 12.5 Å². The van der Waals surface area contributed by atoms with E-state index in [1.165, 1.54) is 19.3 Å². The average Bonchev–Trinajstić information content (AvgIpc) is 2.78. The zero-order chi connectivity index (χ0) is 14.2. The molecule has 4 heteroatoms. The molecule has 1 N–H and O–H groups in total. The summed E-state index contributed by atoms with van der Waals surface area (Å²) in [6, 6.07) is -0.331. The first-order chi connectivity index (χ1) is 8.87. The van der Waals surface area contributed by atoms with Crippen molar-refractivity contribution in [3.63, 3.8) is 0 Å². The quantitative estimate of drug-likeness (QED) is 0.848. The average molecular weight is 266 g/mol. The minimum Gasteiger partial charge on any atom is -0.340 e. The van der Waals surface area contributed by atoms with Crippen LogP contribution in [0.5, 0.6) is 0 Å². The summed E-state index contributed by atoms with van der Waals surface area (Å²) >= 11 is 0. The van der Waals surface area contributed by atoms with E-state index >= 15 is 0 Å². The van der Waals surface area contributed by atoms with Crippen molar-refractivity contribution in [1.82, 2.24) is 10.2 Å². The molecule has 1 saturated carbocycles. The summed E-state index contributed by atoms with van der Waals surface area (Å²) in [6.45, 7) is 8.63. The molecule has 2 fully saturated rings. The Morgan fingerprint density at radius 3 is 2.53 bits per heavy atom. The third kappa shape index (κ3) is 2.63. The van der Waals surface area contributed by atoms with Gasteiger partial charge in [-0.05, 0) is 44.9 Å². The number of hydrogen-bond donors (Lipinski definition) is 1. The highest BCUT2D eigenvalue weighted by Gasteiger charge is 2.45. The van der Waals surface area contributed by atoms with Gasteiger partial charge in [-0.1, -0.05) is 20.3 Å². The van der Waals surface area contributed by atoms with Gasteiger partial charge in [-0.3, -0.25) is 9.59 Å². The first-order valence-electron chi connectivity index (χ1n) is 7.50. The van der Waals surface area contributed by atoms with Gasteiger partial charge >= 0.3 is 0 Å². The molecule has 1 aliphatic heterocycles. The van der Waals surface area contributed by atoms with Gasteiger partial charge in [0.15, 0.2) is 0 Å². The van der Waals surface area contributed by atoms with Crippen LogP contribution in [-0.2, 0) is 9.59 Å². The van der Waals surface area contributed by atoms with Gasteiger partial charge in [0.2, 0.25) is 11.8 Å². The lowest BCUT2D eigenvalue weighted by Crippen LogP contribution is -2.68. The Balaban J connectivity index is 2.12. The van der Waals surface area contributed by atoms with E-state index in [1.54, 1.807) is 0 Å².